The van der Waals surface area contributed by atoms with Crippen molar-refractivity contribution in [3.8, 4) is 11.6 Å². The molecule has 0 N–H and O–H groups in total. The molecule has 7 nitrogen and oxygen atoms in total. The maximum absolute atomic E-state index is 13.6. The van der Waals surface area contributed by atoms with Crippen molar-refractivity contribution < 1.29 is 9.53 Å². The second-order valence-electron chi connectivity index (χ2n) is 7.56. The molecule has 1 aliphatic heterocycles. The minimum atomic E-state index is -0.0520. The summed E-state index contributed by atoms with van der Waals surface area (Å²) >= 11 is 3.39. The summed E-state index contributed by atoms with van der Waals surface area (Å²) in [6, 6.07) is 11.4. The van der Waals surface area contributed by atoms with E-state index in [4.69, 9.17) is 4.74 Å². The number of likely N-dealkylation sites (tertiary alicyclic amines) is 1. The summed E-state index contributed by atoms with van der Waals surface area (Å²) in [5.74, 6) is 1.02. The Bertz CT molecular complexity index is 1020. The molecular weight excluding hydrogens is 434 g/mol. The lowest BCUT2D eigenvalue weighted by Gasteiger charge is -2.38. The van der Waals surface area contributed by atoms with E-state index in [0.29, 0.717) is 23.0 Å². The van der Waals surface area contributed by atoms with E-state index >= 15 is 0 Å². The molecule has 3 heterocycles. The molecule has 8 heteroatoms. The van der Waals surface area contributed by atoms with Gasteiger partial charge in [0.1, 0.15) is 6.10 Å². The van der Waals surface area contributed by atoms with Gasteiger partial charge in [-0.2, -0.15) is 15.0 Å². The van der Waals surface area contributed by atoms with Gasteiger partial charge in [0.2, 0.25) is 5.88 Å². The van der Waals surface area contributed by atoms with Crippen LogP contribution in [0.3, 0.4) is 0 Å². The topological polar surface area (TPSA) is 73.1 Å². The molecule has 5 rings (SSSR count). The van der Waals surface area contributed by atoms with E-state index < -0.39 is 0 Å². The van der Waals surface area contributed by atoms with Crippen LogP contribution >= 0.6 is 15.9 Å². The molecule has 1 amide bonds. The SMILES string of the molecule is CC1C2CC(Oc3ccc(Br)cn3)C(C2)N1C(=O)c1ccccc1-n1nccn1. The normalized spacial score (nSPS) is 25.4. The van der Waals surface area contributed by atoms with Crippen molar-refractivity contribution >= 4 is 21.8 Å². The number of benzene rings is 1. The zero-order valence-electron chi connectivity index (χ0n) is 15.9. The Balaban J connectivity index is 1.42. The summed E-state index contributed by atoms with van der Waals surface area (Å²) in [6.07, 6.45) is 6.78. The predicted octanol–water partition coefficient (Wildman–Crippen LogP) is 3.50. The molecular formula is C21H20BrN5O2. The summed E-state index contributed by atoms with van der Waals surface area (Å²) in [5.41, 5.74) is 1.29. The fourth-order valence-corrected chi connectivity index (χ4v) is 4.82. The molecule has 2 aromatic heterocycles. The van der Waals surface area contributed by atoms with Gasteiger partial charge in [-0.1, -0.05) is 12.1 Å². The number of pyridine rings is 1. The number of nitrogens with zero attached hydrogens (tertiary/aromatic N) is 5. The van der Waals surface area contributed by atoms with E-state index in [2.05, 4.69) is 38.0 Å². The molecule has 0 radical (unpaired) electrons. The predicted molar refractivity (Wildman–Crippen MR) is 110 cm³/mol. The number of carbonyl (C=O) groups is 1. The Kier molecular flexibility index (Phi) is 4.58. The first-order chi connectivity index (χ1) is 14.1. The van der Waals surface area contributed by atoms with Gasteiger partial charge in [-0.25, -0.2) is 4.98 Å². The first-order valence-electron chi connectivity index (χ1n) is 9.68. The van der Waals surface area contributed by atoms with E-state index in [1.54, 1.807) is 18.6 Å². The van der Waals surface area contributed by atoms with E-state index in [0.717, 1.165) is 17.3 Å². The number of carbonyl (C=O) groups excluding carboxylic acids is 1. The molecule has 29 heavy (non-hydrogen) atoms. The average molecular weight is 454 g/mol. The van der Waals surface area contributed by atoms with Crippen molar-refractivity contribution in [2.75, 3.05) is 0 Å². The summed E-state index contributed by atoms with van der Waals surface area (Å²) in [6.45, 7) is 2.13. The van der Waals surface area contributed by atoms with Crippen LogP contribution in [0.4, 0.5) is 0 Å². The van der Waals surface area contributed by atoms with Crippen molar-refractivity contribution in [1.29, 1.82) is 0 Å². The highest BCUT2D eigenvalue weighted by atomic mass is 79.9. The first kappa shape index (κ1) is 18.3. The highest BCUT2D eigenvalue weighted by Gasteiger charge is 2.52. The van der Waals surface area contributed by atoms with Crippen molar-refractivity contribution in [2.45, 2.75) is 38.0 Å². The van der Waals surface area contributed by atoms with Gasteiger partial charge in [-0.05, 0) is 59.8 Å². The number of hydrogen-bond acceptors (Lipinski definition) is 5. The number of fused-ring (bicyclic) bond motifs is 2. The van der Waals surface area contributed by atoms with Gasteiger partial charge in [0, 0.05) is 22.8 Å². The molecule has 0 spiro atoms. The summed E-state index contributed by atoms with van der Waals surface area (Å²) in [4.78, 5) is 21.4. The Labute approximate surface area is 176 Å². The zero-order valence-corrected chi connectivity index (χ0v) is 17.4. The molecule has 4 unspecified atom stereocenters. The largest absolute Gasteiger partial charge is 0.472 e. The summed E-state index contributed by atoms with van der Waals surface area (Å²) < 4.78 is 7.08. The minimum absolute atomic E-state index is 0.00466. The third-order valence-electron chi connectivity index (χ3n) is 5.96. The van der Waals surface area contributed by atoms with Crippen LogP contribution in [0.1, 0.15) is 30.1 Å². The molecule has 2 aliphatic rings. The highest BCUT2D eigenvalue weighted by molar-refractivity contribution is 9.10. The molecule has 3 aromatic rings. The second-order valence-corrected chi connectivity index (χ2v) is 8.47. The third kappa shape index (κ3) is 3.21. The van der Waals surface area contributed by atoms with Gasteiger partial charge in [-0.3, -0.25) is 4.79 Å². The van der Waals surface area contributed by atoms with Crippen LogP contribution in [0.25, 0.3) is 5.69 Å². The summed E-state index contributed by atoms with van der Waals surface area (Å²) in [5, 5.41) is 8.40. The maximum Gasteiger partial charge on any atom is 0.256 e. The van der Waals surface area contributed by atoms with Gasteiger partial charge in [0.25, 0.3) is 5.91 Å². The van der Waals surface area contributed by atoms with Crippen molar-refractivity contribution in [2.24, 2.45) is 5.92 Å². The van der Waals surface area contributed by atoms with Crippen LogP contribution in [0.5, 0.6) is 5.88 Å². The lowest BCUT2D eigenvalue weighted by atomic mass is 9.98. The van der Waals surface area contributed by atoms with Crippen LogP contribution in [-0.2, 0) is 0 Å². The highest BCUT2D eigenvalue weighted by Crippen LogP contribution is 2.44. The number of para-hydroxylation sites is 1. The maximum atomic E-state index is 13.6. The molecule has 4 atom stereocenters. The fraction of sp³-hybridized carbons (Fsp3) is 0.333. The number of piperidine rings is 1. The van der Waals surface area contributed by atoms with Crippen LogP contribution in [-0.4, -0.2) is 49.0 Å². The average Bonchev–Trinajstić information content (AvgIpc) is 3.46. The van der Waals surface area contributed by atoms with E-state index in [9.17, 15) is 4.79 Å². The van der Waals surface area contributed by atoms with Crippen molar-refractivity contribution in [3.63, 3.8) is 0 Å². The van der Waals surface area contributed by atoms with Crippen LogP contribution in [0, 0.1) is 5.92 Å². The third-order valence-corrected chi connectivity index (χ3v) is 6.43. The monoisotopic (exact) mass is 453 g/mol. The Morgan fingerprint density at radius 2 is 1.93 bits per heavy atom. The first-order valence-corrected chi connectivity index (χ1v) is 10.5. The molecule has 1 saturated heterocycles. The van der Waals surface area contributed by atoms with E-state index in [-0.39, 0.29) is 24.1 Å². The molecule has 1 aliphatic carbocycles. The second kappa shape index (κ2) is 7.26. The van der Waals surface area contributed by atoms with E-state index in [1.165, 1.54) is 4.80 Å². The summed E-state index contributed by atoms with van der Waals surface area (Å²) in [7, 11) is 0. The standard InChI is InChI=1S/C21H20BrN5O2/c1-13-14-10-18(19(11-14)29-20-7-6-15(22)12-23-20)26(13)21(28)16-4-2-3-5-17(16)27-24-8-9-25-27/h2-9,12-14,18-19H,10-11H2,1H3. The molecule has 1 aromatic carbocycles. The molecule has 2 fully saturated rings. The molecule has 148 valence electrons. The van der Waals surface area contributed by atoms with Gasteiger partial charge in [-0.15, -0.1) is 0 Å². The molecule has 1 saturated carbocycles. The van der Waals surface area contributed by atoms with Crippen molar-refractivity contribution in [3.05, 3.63) is 65.0 Å². The van der Waals surface area contributed by atoms with Crippen LogP contribution < -0.4 is 4.74 Å². The van der Waals surface area contributed by atoms with Gasteiger partial charge in [0.15, 0.2) is 0 Å². The number of amides is 1. The Morgan fingerprint density at radius 1 is 1.14 bits per heavy atom. The Hall–Kier alpha value is -2.74. The van der Waals surface area contributed by atoms with Crippen LogP contribution in [0.2, 0.25) is 0 Å². The minimum Gasteiger partial charge on any atom is -0.472 e. The zero-order chi connectivity index (χ0) is 20.0. The number of rotatable bonds is 4. The molecule has 2 bridgehead atoms. The van der Waals surface area contributed by atoms with Crippen LogP contribution in [0.15, 0.2) is 59.5 Å². The number of hydrogen-bond donors (Lipinski definition) is 0. The Morgan fingerprint density at radius 3 is 2.66 bits per heavy atom. The van der Waals surface area contributed by atoms with Crippen molar-refractivity contribution in [1.82, 2.24) is 24.9 Å². The van der Waals surface area contributed by atoms with Gasteiger partial charge < -0.3 is 9.64 Å². The smallest absolute Gasteiger partial charge is 0.256 e. The number of aromatic nitrogens is 4. The van der Waals surface area contributed by atoms with Gasteiger partial charge >= 0.3 is 0 Å². The lowest BCUT2D eigenvalue weighted by molar-refractivity contribution is 0.0314. The fourth-order valence-electron chi connectivity index (χ4n) is 4.59. The number of halogens is 1. The van der Waals surface area contributed by atoms with Gasteiger partial charge in [0.05, 0.1) is 29.7 Å². The lowest BCUT2D eigenvalue weighted by Crippen LogP contribution is -2.51. The number of ether oxygens (including phenoxy) is 1. The quantitative estimate of drug-likeness (QED) is 0.604. The van der Waals surface area contributed by atoms with E-state index in [1.807, 2.05) is 41.3 Å².